The van der Waals surface area contributed by atoms with Crippen molar-refractivity contribution in [1.82, 2.24) is 0 Å². The SMILES string of the molecule is CC1=[As][As]C(C)=C1C.CC1=[As][As]C(C)=C1C.CC1=[As][As]C(C)=C1C.[Cl-].[Cl-].[Cl-].[Zr].[Zr].[Zr]. The number of rotatable bonds is 0. The molecule has 3 aliphatic heterocycles. The van der Waals surface area contributed by atoms with Crippen molar-refractivity contribution in [2.24, 2.45) is 0 Å². The van der Waals surface area contributed by atoms with Crippen molar-refractivity contribution in [3.05, 3.63) is 29.8 Å². The topological polar surface area (TPSA) is 0 Å². The van der Waals surface area contributed by atoms with Crippen molar-refractivity contribution in [3.8, 4) is 0 Å². The first kappa shape index (κ1) is 48.7. The van der Waals surface area contributed by atoms with E-state index in [0.717, 1.165) is 0 Å². The molecule has 0 aromatic rings. The summed E-state index contributed by atoms with van der Waals surface area (Å²) in [5, 5.41) is 0. The molecule has 12 heteroatoms. The van der Waals surface area contributed by atoms with Crippen LogP contribution < -0.4 is 37.2 Å². The van der Waals surface area contributed by atoms with Gasteiger partial charge in [-0.1, -0.05) is 0 Å². The van der Waals surface area contributed by atoms with Crippen LogP contribution in [0.3, 0.4) is 0 Å². The third-order valence-electron chi connectivity index (χ3n) is 4.31. The van der Waals surface area contributed by atoms with E-state index in [-0.39, 0.29) is 116 Å². The van der Waals surface area contributed by atoms with Crippen LogP contribution in [0.25, 0.3) is 0 Å². The van der Waals surface area contributed by atoms with Gasteiger partial charge in [0, 0.05) is 78.6 Å². The zero-order chi connectivity index (χ0) is 18.4. The molecule has 3 heterocycles. The minimum atomic E-state index is 0. The molecule has 0 aliphatic carbocycles. The van der Waals surface area contributed by atoms with Gasteiger partial charge >= 0.3 is 186 Å². The normalized spacial score (nSPS) is 19.7. The fourth-order valence-electron chi connectivity index (χ4n) is 1.69. The molecular formula is C18H27As6Cl3Zr3-3. The molecule has 0 fully saturated rings. The Morgan fingerprint density at radius 2 is 0.533 bits per heavy atom. The Hall–Kier alpha value is 5.70. The van der Waals surface area contributed by atoms with Crippen LogP contribution in [-0.4, -0.2) is 93.7 Å². The Kier molecular flexibility index (Phi) is 42.7. The van der Waals surface area contributed by atoms with Gasteiger partial charge in [-0.25, -0.2) is 0 Å². The third-order valence-corrected chi connectivity index (χ3v) is 35.8. The summed E-state index contributed by atoms with van der Waals surface area (Å²) in [5.41, 5.74) is 4.89. The molecule has 0 spiro atoms. The van der Waals surface area contributed by atoms with Crippen LogP contribution in [0.2, 0.25) is 0 Å². The van der Waals surface area contributed by atoms with Gasteiger partial charge in [0.05, 0.1) is 0 Å². The van der Waals surface area contributed by atoms with E-state index >= 15 is 0 Å². The molecule has 0 unspecified atom stereocenters. The summed E-state index contributed by atoms with van der Waals surface area (Å²) in [7, 11) is 0. The van der Waals surface area contributed by atoms with E-state index in [1.54, 1.807) is 42.7 Å². The molecule has 3 aliphatic rings. The van der Waals surface area contributed by atoms with E-state index in [2.05, 4.69) is 62.3 Å². The van der Waals surface area contributed by atoms with Gasteiger partial charge in [-0.15, -0.1) is 0 Å². The molecule has 3 rings (SSSR count). The molecule has 0 saturated heterocycles. The van der Waals surface area contributed by atoms with Gasteiger partial charge < -0.3 is 37.2 Å². The second kappa shape index (κ2) is 26.3. The molecule has 0 bridgehead atoms. The Morgan fingerprint density at radius 3 is 0.567 bits per heavy atom. The fraction of sp³-hybridized carbons (Fsp3) is 0.500. The molecule has 165 valence electrons. The zero-order valence-electron chi connectivity index (χ0n) is 18.8. The first-order valence-corrected chi connectivity index (χ1v) is 29.2. The fourth-order valence-corrected chi connectivity index (χ4v) is 28.4. The van der Waals surface area contributed by atoms with Crippen molar-refractivity contribution < 1.29 is 116 Å². The summed E-state index contributed by atoms with van der Waals surface area (Å²) in [4.78, 5) is 0. The average molecular weight is 1070 g/mol. The Bertz CT molecular complexity index is 602. The third kappa shape index (κ3) is 18.0. The molecule has 0 nitrogen and oxygen atoms in total. The summed E-state index contributed by atoms with van der Waals surface area (Å²) in [6.07, 6.45) is 0. The maximum absolute atomic E-state index is 2.29. The van der Waals surface area contributed by atoms with Crippen molar-refractivity contribution in [2.45, 2.75) is 62.3 Å². The van der Waals surface area contributed by atoms with Gasteiger partial charge in [-0.2, -0.15) is 0 Å². The van der Waals surface area contributed by atoms with E-state index in [1.165, 1.54) is 0 Å². The summed E-state index contributed by atoms with van der Waals surface area (Å²) in [6, 6.07) is 0. The monoisotopic (exact) mass is 1070 g/mol. The van der Waals surface area contributed by atoms with Crippen LogP contribution in [-0.2, 0) is 78.6 Å². The molecule has 0 saturated carbocycles. The summed E-state index contributed by atoms with van der Waals surface area (Å²) >= 11 is 3.98. The second-order valence-corrected chi connectivity index (χ2v) is 30.0. The van der Waals surface area contributed by atoms with E-state index in [0.29, 0.717) is 80.8 Å². The van der Waals surface area contributed by atoms with Crippen LogP contribution in [0.5, 0.6) is 0 Å². The van der Waals surface area contributed by atoms with Crippen LogP contribution >= 0.6 is 0 Å². The molecule has 0 N–H and O–H groups in total. The second-order valence-electron chi connectivity index (χ2n) is 5.99. The van der Waals surface area contributed by atoms with Crippen molar-refractivity contribution in [3.63, 3.8) is 0 Å². The number of halogens is 3. The van der Waals surface area contributed by atoms with Crippen LogP contribution in [0.4, 0.5) is 0 Å². The van der Waals surface area contributed by atoms with Gasteiger partial charge in [0.15, 0.2) is 0 Å². The van der Waals surface area contributed by atoms with E-state index in [1.807, 2.05) is 0 Å². The predicted octanol–water partition coefficient (Wildman–Crippen LogP) is -6.57. The van der Waals surface area contributed by atoms with Crippen LogP contribution in [0, 0.1) is 0 Å². The molecule has 0 amide bonds. The Morgan fingerprint density at radius 1 is 0.367 bits per heavy atom. The number of hydrogen-bond acceptors (Lipinski definition) is 0. The Balaban J connectivity index is -0.0000000655. The van der Waals surface area contributed by atoms with Gasteiger partial charge in [0.25, 0.3) is 0 Å². The van der Waals surface area contributed by atoms with Crippen molar-refractivity contribution >= 4 is 93.7 Å². The quantitative estimate of drug-likeness (QED) is 0.212. The smallest absolute Gasteiger partial charge is 0 e. The first-order chi connectivity index (χ1) is 11.1. The summed E-state index contributed by atoms with van der Waals surface area (Å²) < 4.78 is 10.3. The van der Waals surface area contributed by atoms with Crippen molar-refractivity contribution in [2.75, 3.05) is 0 Å². The zero-order valence-corrected chi connectivity index (χ0v) is 39.7. The van der Waals surface area contributed by atoms with Gasteiger partial charge in [0.2, 0.25) is 0 Å². The molecule has 0 aromatic heterocycles. The molecule has 0 aromatic carbocycles. The van der Waals surface area contributed by atoms with E-state index < -0.39 is 0 Å². The van der Waals surface area contributed by atoms with E-state index in [9.17, 15) is 0 Å². The first-order valence-electron chi connectivity index (χ1n) is 7.94. The standard InChI is InChI=1S/3C6H9As2.3ClH.3Zr/c3*1-4-5(2)7-8-6(4)3;;;;;;/h3*1-3H3;3*1H;;;/p-3. The van der Waals surface area contributed by atoms with Crippen molar-refractivity contribution in [1.29, 1.82) is 0 Å². The maximum atomic E-state index is 2.29. The minimum absolute atomic E-state index is 0. The molecule has 0 atom stereocenters. The average Bonchev–Trinajstić information content (AvgIpc) is 3.13. The maximum Gasteiger partial charge on any atom is 0 e. The van der Waals surface area contributed by atoms with Crippen LogP contribution in [0.15, 0.2) is 29.8 Å². The van der Waals surface area contributed by atoms with Crippen LogP contribution in [0.1, 0.15) is 62.3 Å². The predicted molar refractivity (Wildman–Crippen MR) is 122 cm³/mol. The largest absolute Gasteiger partial charge is 1.00 e. The Labute approximate surface area is 295 Å². The summed E-state index contributed by atoms with van der Waals surface area (Å²) in [6.45, 7) is 20.6. The molecule has 30 heavy (non-hydrogen) atoms. The minimum Gasteiger partial charge on any atom is -1.00 e. The van der Waals surface area contributed by atoms with E-state index in [4.69, 9.17) is 0 Å². The number of allylic oxidation sites excluding steroid dienone is 6. The summed E-state index contributed by atoms with van der Waals surface area (Å²) in [5.74, 6) is 0. The molecule has 3 radical (unpaired) electrons. The van der Waals surface area contributed by atoms with Gasteiger partial charge in [-0.05, 0) is 0 Å². The van der Waals surface area contributed by atoms with Gasteiger partial charge in [-0.3, -0.25) is 0 Å². The molecular weight excluding hydrogens is 1050 g/mol. The van der Waals surface area contributed by atoms with Gasteiger partial charge in [0.1, 0.15) is 0 Å². The number of hydrogen-bond donors (Lipinski definition) is 0.